The van der Waals surface area contributed by atoms with E-state index in [2.05, 4.69) is 9.71 Å². The van der Waals surface area contributed by atoms with Crippen LogP contribution in [0.25, 0.3) is 0 Å². The molecule has 3 N–H and O–H groups in total. The van der Waals surface area contributed by atoms with Crippen molar-refractivity contribution in [2.75, 3.05) is 10.5 Å². The number of anilines is 2. The Morgan fingerprint density at radius 1 is 1.20 bits per heavy atom. The fourth-order valence-electron chi connectivity index (χ4n) is 1.52. The maximum atomic E-state index is 12.3. The molecule has 0 saturated carbocycles. The van der Waals surface area contributed by atoms with Crippen LogP contribution >= 0.6 is 34.8 Å². The summed E-state index contributed by atoms with van der Waals surface area (Å²) in [6.07, 6.45) is 1.43. The van der Waals surface area contributed by atoms with Crippen molar-refractivity contribution in [2.24, 2.45) is 0 Å². The first-order chi connectivity index (χ1) is 9.31. The lowest BCUT2D eigenvalue weighted by Crippen LogP contribution is -2.16. The normalized spacial score (nSPS) is 11.3. The summed E-state index contributed by atoms with van der Waals surface area (Å²) in [5.74, 6) is 0. The van der Waals surface area contributed by atoms with E-state index >= 15 is 0 Å². The van der Waals surface area contributed by atoms with Crippen molar-refractivity contribution in [3.63, 3.8) is 0 Å². The highest BCUT2D eigenvalue weighted by molar-refractivity contribution is 7.93. The van der Waals surface area contributed by atoms with E-state index in [1.165, 1.54) is 30.5 Å². The minimum Gasteiger partial charge on any atom is -0.398 e. The number of nitrogens with two attached hydrogens (primary N) is 1. The van der Waals surface area contributed by atoms with Crippen LogP contribution in [0.2, 0.25) is 15.2 Å². The van der Waals surface area contributed by atoms with E-state index in [1.807, 2.05) is 0 Å². The summed E-state index contributed by atoms with van der Waals surface area (Å²) in [6.45, 7) is 0. The zero-order valence-corrected chi connectivity index (χ0v) is 12.9. The molecule has 1 aromatic heterocycles. The first-order valence-corrected chi connectivity index (χ1v) is 7.81. The lowest BCUT2D eigenvalue weighted by atomic mass is 10.3. The highest BCUT2D eigenvalue weighted by atomic mass is 35.5. The van der Waals surface area contributed by atoms with E-state index in [4.69, 9.17) is 40.5 Å². The van der Waals surface area contributed by atoms with E-state index in [1.54, 1.807) is 0 Å². The monoisotopic (exact) mass is 351 g/mol. The lowest BCUT2D eigenvalue weighted by Gasteiger charge is -2.12. The van der Waals surface area contributed by atoms with Crippen LogP contribution in [-0.4, -0.2) is 13.4 Å². The molecule has 0 aliphatic heterocycles. The van der Waals surface area contributed by atoms with E-state index in [9.17, 15) is 8.42 Å². The fourth-order valence-corrected chi connectivity index (χ4v) is 3.80. The Balaban J connectivity index is 2.50. The van der Waals surface area contributed by atoms with Crippen molar-refractivity contribution < 1.29 is 8.42 Å². The maximum Gasteiger partial charge on any atom is 0.265 e. The standard InChI is InChI=1S/C11H8Cl3N3O2S/c12-6-4-7(13)10(8(15)5-6)20(18,19)17-9-2-1-3-16-11(9)14/h1-5,17H,15H2. The molecule has 0 aliphatic rings. The van der Waals surface area contributed by atoms with Gasteiger partial charge in [-0.2, -0.15) is 0 Å². The third-order valence-electron chi connectivity index (χ3n) is 2.31. The van der Waals surface area contributed by atoms with E-state index in [-0.39, 0.29) is 31.5 Å². The molecule has 0 amide bonds. The van der Waals surface area contributed by atoms with Gasteiger partial charge in [-0.05, 0) is 24.3 Å². The van der Waals surface area contributed by atoms with Crippen LogP contribution in [-0.2, 0) is 10.0 Å². The van der Waals surface area contributed by atoms with E-state index < -0.39 is 10.0 Å². The molecule has 106 valence electrons. The van der Waals surface area contributed by atoms with Gasteiger partial charge in [-0.25, -0.2) is 13.4 Å². The number of nitrogens with zero attached hydrogens (tertiary/aromatic N) is 1. The van der Waals surface area contributed by atoms with Gasteiger partial charge in [0.1, 0.15) is 4.90 Å². The molecule has 1 aromatic carbocycles. The zero-order chi connectivity index (χ0) is 14.9. The molecule has 0 fully saturated rings. The third-order valence-corrected chi connectivity index (χ3v) is 4.72. The molecule has 5 nitrogen and oxygen atoms in total. The number of pyridine rings is 1. The number of nitrogen functional groups attached to an aromatic ring is 1. The highest BCUT2D eigenvalue weighted by Crippen LogP contribution is 2.33. The molecule has 0 unspecified atom stereocenters. The van der Waals surface area contributed by atoms with Crippen molar-refractivity contribution in [3.05, 3.63) is 45.7 Å². The molecular formula is C11H8Cl3N3O2S. The molecule has 20 heavy (non-hydrogen) atoms. The van der Waals surface area contributed by atoms with Crippen molar-refractivity contribution in [1.29, 1.82) is 0 Å². The molecule has 9 heteroatoms. The van der Waals surface area contributed by atoms with Crippen LogP contribution in [0.4, 0.5) is 11.4 Å². The number of rotatable bonds is 3. The zero-order valence-electron chi connectivity index (χ0n) is 9.77. The Labute approximate surface area is 130 Å². The minimum absolute atomic E-state index is 0.0136. The molecule has 1 heterocycles. The van der Waals surface area contributed by atoms with Crippen LogP contribution in [0.1, 0.15) is 0 Å². The van der Waals surface area contributed by atoms with Gasteiger partial charge in [-0.3, -0.25) is 4.72 Å². The average Bonchev–Trinajstić information content (AvgIpc) is 2.30. The molecular weight excluding hydrogens is 345 g/mol. The summed E-state index contributed by atoms with van der Waals surface area (Å²) in [5.41, 5.74) is 5.73. The minimum atomic E-state index is -4.00. The van der Waals surface area contributed by atoms with Gasteiger partial charge >= 0.3 is 0 Å². The number of aromatic nitrogens is 1. The summed E-state index contributed by atoms with van der Waals surface area (Å²) in [5, 5.41) is 0.174. The molecule has 0 spiro atoms. The largest absolute Gasteiger partial charge is 0.398 e. The fraction of sp³-hybridized carbons (Fsp3) is 0. The number of sulfonamides is 1. The average molecular weight is 353 g/mol. The Morgan fingerprint density at radius 3 is 2.50 bits per heavy atom. The lowest BCUT2D eigenvalue weighted by molar-refractivity contribution is 0.601. The third kappa shape index (κ3) is 3.09. The molecule has 0 radical (unpaired) electrons. The van der Waals surface area contributed by atoms with Gasteiger partial charge in [0.15, 0.2) is 5.15 Å². The Morgan fingerprint density at radius 2 is 1.90 bits per heavy atom. The second-order valence-electron chi connectivity index (χ2n) is 3.75. The smallest absolute Gasteiger partial charge is 0.265 e. The molecule has 0 bridgehead atoms. The van der Waals surface area contributed by atoms with Crippen molar-refractivity contribution in [1.82, 2.24) is 4.98 Å². The van der Waals surface area contributed by atoms with Crippen LogP contribution in [0.5, 0.6) is 0 Å². The van der Waals surface area contributed by atoms with Gasteiger partial charge in [0.05, 0.1) is 16.4 Å². The number of benzene rings is 1. The number of halogens is 3. The first kappa shape index (κ1) is 15.2. The van der Waals surface area contributed by atoms with E-state index in [0.717, 1.165) is 0 Å². The number of hydrogen-bond donors (Lipinski definition) is 2. The van der Waals surface area contributed by atoms with E-state index in [0.29, 0.717) is 0 Å². The highest BCUT2D eigenvalue weighted by Gasteiger charge is 2.23. The second kappa shape index (κ2) is 5.65. The van der Waals surface area contributed by atoms with Gasteiger partial charge in [-0.1, -0.05) is 34.8 Å². The van der Waals surface area contributed by atoms with Gasteiger partial charge in [-0.15, -0.1) is 0 Å². The summed E-state index contributed by atoms with van der Waals surface area (Å²) >= 11 is 17.4. The molecule has 2 rings (SSSR count). The quantitative estimate of drug-likeness (QED) is 0.654. The summed E-state index contributed by atoms with van der Waals surface area (Å²) in [6, 6.07) is 5.59. The SMILES string of the molecule is Nc1cc(Cl)cc(Cl)c1S(=O)(=O)Nc1cccnc1Cl. The predicted octanol–water partition coefficient (Wildman–Crippen LogP) is 3.42. The number of nitrogens with one attached hydrogen (secondary N) is 1. The molecule has 0 aliphatic carbocycles. The second-order valence-corrected chi connectivity index (χ2v) is 6.57. The Hall–Kier alpha value is -1.21. The Bertz CT molecular complexity index is 742. The number of hydrogen-bond acceptors (Lipinski definition) is 4. The summed E-state index contributed by atoms with van der Waals surface area (Å²) < 4.78 is 26.9. The van der Waals surface area contributed by atoms with Crippen molar-refractivity contribution >= 4 is 56.2 Å². The molecule has 2 aromatic rings. The van der Waals surface area contributed by atoms with Crippen molar-refractivity contribution in [3.8, 4) is 0 Å². The van der Waals surface area contributed by atoms with Crippen molar-refractivity contribution in [2.45, 2.75) is 4.90 Å². The maximum absolute atomic E-state index is 12.3. The summed E-state index contributed by atoms with van der Waals surface area (Å²) in [7, 11) is -4.00. The van der Waals surface area contributed by atoms with Crippen LogP contribution in [0, 0.1) is 0 Å². The first-order valence-electron chi connectivity index (χ1n) is 5.19. The Kier molecular flexibility index (Phi) is 4.29. The van der Waals surface area contributed by atoms with Gasteiger partial charge in [0.2, 0.25) is 0 Å². The molecule has 0 saturated heterocycles. The predicted molar refractivity (Wildman–Crippen MR) is 80.9 cm³/mol. The van der Waals surface area contributed by atoms with Crippen LogP contribution < -0.4 is 10.5 Å². The van der Waals surface area contributed by atoms with Crippen LogP contribution in [0.3, 0.4) is 0 Å². The van der Waals surface area contributed by atoms with Gasteiger partial charge in [0.25, 0.3) is 10.0 Å². The molecule has 0 atom stereocenters. The van der Waals surface area contributed by atoms with Gasteiger partial charge in [0, 0.05) is 11.2 Å². The topological polar surface area (TPSA) is 85.1 Å². The van der Waals surface area contributed by atoms with Gasteiger partial charge < -0.3 is 5.73 Å². The summed E-state index contributed by atoms with van der Waals surface area (Å²) in [4.78, 5) is 3.51. The van der Waals surface area contributed by atoms with Crippen LogP contribution in [0.15, 0.2) is 35.4 Å².